The van der Waals surface area contributed by atoms with Gasteiger partial charge in [-0.3, -0.25) is 0 Å². The van der Waals surface area contributed by atoms with Gasteiger partial charge in [-0.1, -0.05) is 13.0 Å². The standard InChI is InChI=1S/C9H14N2/c1-8(3-2-6-10)7-11-9-4-5-9/h2-3,8-9,11H,4-5,7H2,1H3. The van der Waals surface area contributed by atoms with E-state index in [-0.39, 0.29) is 0 Å². The number of rotatable bonds is 4. The van der Waals surface area contributed by atoms with Crippen molar-refractivity contribution in [3.63, 3.8) is 0 Å². The number of nitriles is 1. The second-order valence-corrected chi connectivity index (χ2v) is 3.15. The summed E-state index contributed by atoms with van der Waals surface area (Å²) in [5.74, 6) is 0.482. The normalized spacial score (nSPS) is 20.0. The summed E-state index contributed by atoms with van der Waals surface area (Å²) in [6, 6.07) is 2.76. The van der Waals surface area contributed by atoms with Crippen molar-refractivity contribution in [2.45, 2.75) is 25.8 Å². The molecule has 11 heavy (non-hydrogen) atoms. The quantitative estimate of drug-likeness (QED) is 0.616. The Kier molecular flexibility index (Phi) is 3.13. The zero-order valence-corrected chi connectivity index (χ0v) is 6.88. The van der Waals surface area contributed by atoms with E-state index in [1.807, 2.05) is 12.1 Å². The second-order valence-electron chi connectivity index (χ2n) is 3.15. The molecule has 0 spiro atoms. The molecule has 0 aliphatic heterocycles. The van der Waals surface area contributed by atoms with Crippen molar-refractivity contribution in [2.75, 3.05) is 6.54 Å². The van der Waals surface area contributed by atoms with Crippen molar-refractivity contribution in [2.24, 2.45) is 5.92 Å². The molecule has 1 aliphatic carbocycles. The Balaban J connectivity index is 2.05. The molecule has 0 aromatic rings. The zero-order valence-electron chi connectivity index (χ0n) is 6.88. The SMILES string of the molecule is CC(C=CC#N)CNC1CC1. The Bertz CT molecular complexity index is 174. The summed E-state index contributed by atoms with van der Waals surface area (Å²) in [5, 5.41) is 11.7. The fraction of sp³-hybridized carbons (Fsp3) is 0.667. The summed E-state index contributed by atoms with van der Waals surface area (Å²) >= 11 is 0. The molecule has 0 bridgehead atoms. The molecular formula is C9H14N2. The van der Waals surface area contributed by atoms with E-state index in [1.54, 1.807) is 6.08 Å². The largest absolute Gasteiger partial charge is 0.313 e. The molecule has 0 heterocycles. The van der Waals surface area contributed by atoms with E-state index in [0.29, 0.717) is 5.92 Å². The summed E-state index contributed by atoms with van der Waals surface area (Å²) in [6.45, 7) is 3.12. The van der Waals surface area contributed by atoms with Gasteiger partial charge in [0.05, 0.1) is 6.07 Å². The Morgan fingerprint density at radius 1 is 1.73 bits per heavy atom. The third-order valence-corrected chi connectivity index (χ3v) is 1.81. The third-order valence-electron chi connectivity index (χ3n) is 1.81. The highest BCUT2D eigenvalue weighted by atomic mass is 14.9. The van der Waals surface area contributed by atoms with E-state index >= 15 is 0 Å². The maximum absolute atomic E-state index is 8.25. The summed E-state index contributed by atoms with van der Waals surface area (Å²) in [4.78, 5) is 0. The first kappa shape index (κ1) is 8.29. The van der Waals surface area contributed by atoms with Crippen molar-refractivity contribution in [1.29, 1.82) is 5.26 Å². The molecule has 1 unspecified atom stereocenters. The molecule has 60 valence electrons. The van der Waals surface area contributed by atoms with Crippen molar-refractivity contribution in [3.8, 4) is 6.07 Å². The van der Waals surface area contributed by atoms with Crippen LogP contribution in [0.5, 0.6) is 0 Å². The number of hydrogen-bond acceptors (Lipinski definition) is 2. The molecule has 1 atom stereocenters. The first-order valence-corrected chi connectivity index (χ1v) is 4.12. The molecule has 2 nitrogen and oxygen atoms in total. The van der Waals surface area contributed by atoms with Crippen molar-refractivity contribution < 1.29 is 0 Å². The van der Waals surface area contributed by atoms with Gasteiger partial charge in [0.25, 0.3) is 0 Å². The lowest BCUT2D eigenvalue weighted by Gasteiger charge is -2.05. The van der Waals surface area contributed by atoms with Gasteiger partial charge in [0.2, 0.25) is 0 Å². The van der Waals surface area contributed by atoms with E-state index < -0.39 is 0 Å². The second kappa shape index (κ2) is 4.15. The smallest absolute Gasteiger partial charge is 0.0908 e. The van der Waals surface area contributed by atoms with Gasteiger partial charge in [0.15, 0.2) is 0 Å². The Morgan fingerprint density at radius 2 is 2.45 bits per heavy atom. The van der Waals surface area contributed by atoms with Crippen LogP contribution in [-0.4, -0.2) is 12.6 Å². The van der Waals surface area contributed by atoms with Crippen LogP contribution in [0.4, 0.5) is 0 Å². The highest BCUT2D eigenvalue weighted by Crippen LogP contribution is 2.18. The lowest BCUT2D eigenvalue weighted by atomic mass is 10.1. The summed E-state index contributed by atoms with van der Waals surface area (Å²) in [6.07, 6.45) is 6.15. The number of allylic oxidation sites excluding steroid dienone is 1. The van der Waals surface area contributed by atoms with Crippen LogP contribution in [0.15, 0.2) is 12.2 Å². The molecule has 0 aromatic heterocycles. The summed E-state index contributed by atoms with van der Waals surface area (Å²) in [7, 11) is 0. The first-order chi connectivity index (χ1) is 5.33. The first-order valence-electron chi connectivity index (χ1n) is 4.12. The van der Waals surface area contributed by atoms with Gasteiger partial charge in [-0.15, -0.1) is 0 Å². The highest BCUT2D eigenvalue weighted by molar-refractivity contribution is 5.03. The van der Waals surface area contributed by atoms with Crippen LogP contribution in [0.1, 0.15) is 19.8 Å². The lowest BCUT2D eigenvalue weighted by Crippen LogP contribution is -2.21. The van der Waals surface area contributed by atoms with Crippen molar-refractivity contribution >= 4 is 0 Å². The van der Waals surface area contributed by atoms with Crippen LogP contribution in [0.25, 0.3) is 0 Å². The molecule has 2 heteroatoms. The zero-order chi connectivity index (χ0) is 8.10. The van der Waals surface area contributed by atoms with Gasteiger partial charge < -0.3 is 5.32 Å². The van der Waals surface area contributed by atoms with Gasteiger partial charge in [-0.25, -0.2) is 0 Å². The van der Waals surface area contributed by atoms with E-state index in [1.165, 1.54) is 12.8 Å². The molecule has 1 fully saturated rings. The topological polar surface area (TPSA) is 35.8 Å². The van der Waals surface area contributed by atoms with Crippen molar-refractivity contribution in [1.82, 2.24) is 5.32 Å². The Morgan fingerprint density at radius 3 is 3.00 bits per heavy atom. The predicted octanol–water partition coefficient (Wildman–Crippen LogP) is 1.45. The van der Waals surface area contributed by atoms with Gasteiger partial charge in [-0.05, 0) is 18.8 Å². The predicted molar refractivity (Wildman–Crippen MR) is 44.9 cm³/mol. The Labute approximate surface area is 67.9 Å². The van der Waals surface area contributed by atoms with Gasteiger partial charge in [0.1, 0.15) is 0 Å². The summed E-state index contributed by atoms with van der Waals surface area (Å²) in [5.41, 5.74) is 0. The minimum absolute atomic E-state index is 0.482. The van der Waals surface area contributed by atoms with E-state index in [4.69, 9.17) is 5.26 Å². The van der Waals surface area contributed by atoms with Crippen LogP contribution in [0.2, 0.25) is 0 Å². The molecule has 0 radical (unpaired) electrons. The molecule has 1 rings (SSSR count). The maximum atomic E-state index is 8.25. The molecule has 1 N–H and O–H groups in total. The molecule has 1 saturated carbocycles. The van der Waals surface area contributed by atoms with Gasteiger partial charge in [0, 0.05) is 18.7 Å². The Hall–Kier alpha value is -0.810. The van der Waals surface area contributed by atoms with Crippen LogP contribution in [0.3, 0.4) is 0 Å². The minimum atomic E-state index is 0.482. The molecule has 0 saturated heterocycles. The van der Waals surface area contributed by atoms with Gasteiger partial charge >= 0.3 is 0 Å². The van der Waals surface area contributed by atoms with E-state index in [9.17, 15) is 0 Å². The number of nitrogens with zero attached hydrogens (tertiary/aromatic N) is 1. The third kappa shape index (κ3) is 3.79. The number of nitrogens with one attached hydrogen (secondary N) is 1. The monoisotopic (exact) mass is 150 g/mol. The average molecular weight is 150 g/mol. The van der Waals surface area contributed by atoms with Crippen LogP contribution < -0.4 is 5.32 Å². The average Bonchev–Trinajstić information content (AvgIpc) is 2.80. The lowest BCUT2D eigenvalue weighted by molar-refractivity contribution is 0.590. The molecule has 1 aliphatic rings. The van der Waals surface area contributed by atoms with Crippen molar-refractivity contribution in [3.05, 3.63) is 12.2 Å². The van der Waals surface area contributed by atoms with Crippen LogP contribution >= 0.6 is 0 Å². The molecule has 0 aromatic carbocycles. The van der Waals surface area contributed by atoms with E-state index in [2.05, 4.69) is 12.2 Å². The van der Waals surface area contributed by atoms with E-state index in [0.717, 1.165) is 12.6 Å². The molecule has 0 amide bonds. The number of hydrogen-bond donors (Lipinski definition) is 1. The molecular weight excluding hydrogens is 136 g/mol. The minimum Gasteiger partial charge on any atom is -0.313 e. The highest BCUT2D eigenvalue weighted by Gasteiger charge is 2.20. The maximum Gasteiger partial charge on any atom is 0.0908 e. The van der Waals surface area contributed by atoms with Gasteiger partial charge in [-0.2, -0.15) is 5.26 Å². The van der Waals surface area contributed by atoms with Crippen LogP contribution in [0, 0.1) is 17.2 Å². The fourth-order valence-corrected chi connectivity index (χ4v) is 0.915. The summed E-state index contributed by atoms with van der Waals surface area (Å²) < 4.78 is 0. The van der Waals surface area contributed by atoms with Crippen LogP contribution in [-0.2, 0) is 0 Å². The fourth-order valence-electron chi connectivity index (χ4n) is 0.915.